The quantitative estimate of drug-likeness (QED) is 0.733. The zero-order valence-electron chi connectivity index (χ0n) is 9.52. The molecule has 0 spiro atoms. The standard InChI is InChI=1S/C14H13BrOS/c1-9-6-7-13(17-9)14(15)11-8-16-12-5-3-2-4-10(11)12/h2-7,11,14H,8H2,1H3. The topological polar surface area (TPSA) is 9.23 Å². The van der Waals surface area contributed by atoms with Gasteiger partial charge in [-0.05, 0) is 25.1 Å². The highest BCUT2D eigenvalue weighted by Gasteiger charge is 2.31. The number of rotatable bonds is 2. The van der Waals surface area contributed by atoms with Crippen molar-refractivity contribution in [3.63, 3.8) is 0 Å². The van der Waals surface area contributed by atoms with E-state index >= 15 is 0 Å². The van der Waals surface area contributed by atoms with Crippen LogP contribution in [0, 0.1) is 6.92 Å². The summed E-state index contributed by atoms with van der Waals surface area (Å²) in [4.78, 5) is 3.09. The molecular weight excluding hydrogens is 296 g/mol. The second-order valence-corrected chi connectivity index (χ2v) is 6.61. The average molecular weight is 309 g/mol. The molecule has 2 aromatic rings. The van der Waals surface area contributed by atoms with Gasteiger partial charge in [0, 0.05) is 21.2 Å². The lowest BCUT2D eigenvalue weighted by Gasteiger charge is -2.14. The zero-order chi connectivity index (χ0) is 11.8. The SMILES string of the molecule is Cc1ccc(C(Br)C2COc3ccccc32)s1. The molecule has 1 aromatic carbocycles. The summed E-state index contributed by atoms with van der Waals surface area (Å²) in [5, 5.41) is 0. The summed E-state index contributed by atoms with van der Waals surface area (Å²) in [5.41, 5.74) is 1.32. The molecular formula is C14H13BrOS. The Balaban J connectivity index is 1.92. The van der Waals surface area contributed by atoms with Gasteiger partial charge in [0.05, 0.1) is 11.4 Å². The predicted octanol–water partition coefficient (Wildman–Crippen LogP) is 4.67. The number of para-hydroxylation sites is 1. The molecule has 1 aromatic heterocycles. The first kappa shape index (κ1) is 11.3. The minimum absolute atomic E-state index is 0.352. The molecule has 0 saturated carbocycles. The predicted molar refractivity (Wildman–Crippen MR) is 75.4 cm³/mol. The van der Waals surface area contributed by atoms with Gasteiger partial charge in [0.1, 0.15) is 5.75 Å². The molecule has 0 fully saturated rings. The van der Waals surface area contributed by atoms with Crippen LogP contribution in [0.4, 0.5) is 0 Å². The molecule has 17 heavy (non-hydrogen) atoms. The van der Waals surface area contributed by atoms with Crippen LogP contribution in [-0.4, -0.2) is 6.61 Å². The van der Waals surface area contributed by atoms with E-state index in [1.807, 2.05) is 17.4 Å². The Hall–Kier alpha value is -0.800. The normalized spacial score (nSPS) is 19.8. The smallest absolute Gasteiger partial charge is 0.122 e. The largest absolute Gasteiger partial charge is 0.493 e. The highest BCUT2D eigenvalue weighted by atomic mass is 79.9. The molecule has 0 radical (unpaired) electrons. The van der Waals surface area contributed by atoms with Gasteiger partial charge < -0.3 is 4.74 Å². The van der Waals surface area contributed by atoms with E-state index in [-0.39, 0.29) is 0 Å². The van der Waals surface area contributed by atoms with E-state index in [0.29, 0.717) is 10.7 Å². The van der Waals surface area contributed by atoms with E-state index in [1.54, 1.807) is 0 Å². The highest BCUT2D eigenvalue weighted by molar-refractivity contribution is 9.09. The van der Waals surface area contributed by atoms with Crippen LogP contribution in [-0.2, 0) is 0 Å². The maximum Gasteiger partial charge on any atom is 0.122 e. The van der Waals surface area contributed by atoms with Crippen molar-refractivity contribution in [1.29, 1.82) is 0 Å². The Morgan fingerprint density at radius 2 is 2.12 bits per heavy atom. The van der Waals surface area contributed by atoms with Crippen LogP contribution in [0.15, 0.2) is 36.4 Å². The van der Waals surface area contributed by atoms with E-state index in [2.05, 4.69) is 53.2 Å². The van der Waals surface area contributed by atoms with Gasteiger partial charge in [-0.1, -0.05) is 34.1 Å². The van der Waals surface area contributed by atoms with Gasteiger partial charge in [0.2, 0.25) is 0 Å². The van der Waals surface area contributed by atoms with Crippen molar-refractivity contribution in [3.05, 3.63) is 51.7 Å². The summed E-state index contributed by atoms with van der Waals surface area (Å²) in [6, 6.07) is 12.7. The van der Waals surface area contributed by atoms with Gasteiger partial charge in [-0.15, -0.1) is 11.3 Å². The molecule has 2 atom stereocenters. The lowest BCUT2D eigenvalue weighted by molar-refractivity contribution is 0.330. The number of benzene rings is 1. The first-order valence-electron chi connectivity index (χ1n) is 5.68. The number of thiophene rings is 1. The number of fused-ring (bicyclic) bond motifs is 1. The minimum atomic E-state index is 0.352. The van der Waals surface area contributed by atoms with Crippen LogP contribution in [0.1, 0.15) is 26.1 Å². The Bertz CT molecular complexity index is 535. The molecule has 1 aliphatic heterocycles. The number of alkyl halides is 1. The summed E-state index contributed by atoms with van der Waals surface area (Å²) >= 11 is 5.68. The van der Waals surface area contributed by atoms with Crippen molar-refractivity contribution in [1.82, 2.24) is 0 Å². The van der Waals surface area contributed by atoms with Crippen LogP contribution < -0.4 is 4.74 Å². The average Bonchev–Trinajstić information content (AvgIpc) is 2.94. The fourth-order valence-electron chi connectivity index (χ4n) is 2.23. The van der Waals surface area contributed by atoms with Crippen molar-refractivity contribution in [2.24, 2.45) is 0 Å². The van der Waals surface area contributed by atoms with Gasteiger partial charge >= 0.3 is 0 Å². The Morgan fingerprint density at radius 3 is 2.88 bits per heavy atom. The number of halogens is 1. The van der Waals surface area contributed by atoms with Crippen molar-refractivity contribution in [3.8, 4) is 5.75 Å². The van der Waals surface area contributed by atoms with E-state index in [1.165, 1.54) is 15.3 Å². The second-order valence-electron chi connectivity index (χ2n) is 4.31. The molecule has 0 aliphatic carbocycles. The van der Waals surface area contributed by atoms with E-state index in [4.69, 9.17) is 4.74 Å². The molecule has 0 bridgehead atoms. The lowest BCUT2D eigenvalue weighted by atomic mass is 9.97. The van der Waals surface area contributed by atoms with Crippen molar-refractivity contribution >= 4 is 27.3 Å². The number of aryl methyl sites for hydroxylation is 1. The fraction of sp³-hybridized carbons (Fsp3) is 0.286. The molecule has 0 amide bonds. The third-order valence-corrected chi connectivity index (χ3v) is 5.64. The van der Waals surface area contributed by atoms with Gasteiger partial charge in [0.15, 0.2) is 0 Å². The molecule has 2 unspecified atom stereocenters. The maximum atomic E-state index is 5.74. The van der Waals surface area contributed by atoms with Crippen molar-refractivity contribution in [2.75, 3.05) is 6.61 Å². The fourth-order valence-corrected chi connectivity index (χ4v) is 4.02. The van der Waals surface area contributed by atoms with E-state index in [0.717, 1.165) is 12.4 Å². The summed E-state index contributed by atoms with van der Waals surface area (Å²) in [7, 11) is 0. The number of hydrogen-bond acceptors (Lipinski definition) is 2. The monoisotopic (exact) mass is 308 g/mol. The Labute approximate surface area is 114 Å². The second kappa shape index (κ2) is 4.46. The highest BCUT2D eigenvalue weighted by Crippen LogP contribution is 2.46. The Kier molecular flexibility index (Phi) is 2.97. The van der Waals surface area contributed by atoms with Crippen LogP contribution in [0.5, 0.6) is 5.75 Å². The van der Waals surface area contributed by atoms with Gasteiger partial charge in [-0.2, -0.15) is 0 Å². The molecule has 88 valence electrons. The van der Waals surface area contributed by atoms with E-state index in [9.17, 15) is 0 Å². The van der Waals surface area contributed by atoms with Crippen LogP contribution >= 0.6 is 27.3 Å². The summed E-state index contributed by atoms with van der Waals surface area (Å²) in [5.74, 6) is 1.46. The molecule has 1 nitrogen and oxygen atoms in total. The molecule has 2 heterocycles. The molecule has 3 rings (SSSR count). The van der Waals surface area contributed by atoms with Crippen molar-refractivity contribution in [2.45, 2.75) is 17.7 Å². The Morgan fingerprint density at radius 1 is 1.29 bits per heavy atom. The van der Waals surface area contributed by atoms with Crippen LogP contribution in [0.2, 0.25) is 0 Å². The van der Waals surface area contributed by atoms with E-state index < -0.39 is 0 Å². The summed E-state index contributed by atoms with van der Waals surface area (Å²) in [6.07, 6.45) is 0. The third-order valence-electron chi connectivity index (χ3n) is 3.12. The molecule has 3 heteroatoms. The van der Waals surface area contributed by atoms with Crippen LogP contribution in [0.3, 0.4) is 0 Å². The van der Waals surface area contributed by atoms with Gasteiger partial charge in [-0.3, -0.25) is 0 Å². The molecule has 0 saturated heterocycles. The zero-order valence-corrected chi connectivity index (χ0v) is 11.9. The molecule has 0 N–H and O–H groups in total. The number of ether oxygens (including phenoxy) is 1. The maximum absolute atomic E-state index is 5.74. The van der Waals surface area contributed by atoms with Crippen molar-refractivity contribution < 1.29 is 4.74 Å². The first-order valence-corrected chi connectivity index (χ1v) is 7.41. The summed E-state index contributed by atoms with van der Waals surface area (Å²) < 4.78 is 5.74. The minimum Gasteiger partial charge on any atom is -0.493 e. The first-order chi connectivity index (χ1) is 8.25. The van der Waals surface area contributed by atoms with Gasteiger partial charge in [0.25, 0.3) is 0 Å². The van der Waals surface area contributed by atoms with Gasteiger partial charge in [-0.25, -0.2) is 0 Å². The summed E-state index contributed by atoms with van der Waals surface area (Å²) in [6.45, 7) is 2.92. The lowest BCUT2D eigenvalue weighted by Crippen LogP contribution is -2.06. The molecule has 1 aliphatic rings. The number of hydrogen-bond donors (Lipinski definition) is 0. The third kappa shape index (κ3) is 2.02. The van der Waals surface area contributed by atoms with Crippen LogP contribution in [0.25, 0.3) is 0 Å².